The number of nitrogens with zero attached hydrogens (tertiary/aromatic N) is 4. The SMILES string of the molecule is C[C@@H](Oc1cc(-c2cnn(CC(C)(C)O)c2)cc2ncn(C3CC3)c12)C1CNC(=O)C1. The Balaban J connectivity index is 1.51. The molecule has 1 saturated carbocycles. The zero-order valence-electron chi connectivity index (χ0n) is 18.2. The molecule has 8 nitrogen and oxygen atoms in total. The van der Waals surface area contributed by atoms with E-state index in [-0.39, 0.29) is 17.9 Å². The van der Waals surface area contributed by atoms with Crippen LogP contribution in [0, 0.1) is 5.92 Å². The number of nitrogens with one attached hydrogen (secondary N) is 1. The fraction of sp³-hybridized carbons (Fsp3) is 0.522. The van der Waals surface area contributed by atoms with Crippen LogP contribution < -0.4 is 10.1 Å². The van der Waals surface area contributed by atoms with Crippen LogP contribution >= 0.6 is 0 Å². The Bertz CT molecular complexity index is 1120. The summed E-state index contributed by atoms with van der Waals surface area (Å²) in [5.74, 6) is 1.03. The zero-order valence-corrected chi connectivity index (χ0v) is 18.2. The van der Waals surface area contributed by atoms with Gasteiger partial charge in [0.15, 0.2) is 0 Å². The smallest absolute Gasteiger partial charge is 0.220 e. The number of hydrogen-bond donors (Lipinski definition) is 2. The van der Waals surface area contributed by atoms with Crippen molar-refractivity contribution in [1.29, 1.82) is 0 Å². The Morgan fingerprint density at radius 2 is 2.13 bits per heavy atom. The second kappa shape index (κ2) is 7.37. The first-order valence-corrected chi connectivity index (χ1v) is 11.0. The Morgan fingerprint density at radius 3 is 2.81 bits per heavy atom. The number of benzene rings is 1. The summed E-state index contributed by atoms with van der Waals surface area (Å²) in [4.78, 5) is 16.3. The van der Waals surface area contributed by atoms with Crippen molar-refractivity contribution in [2.45, 2.75) is 64.3 Å². The van der Waals surface area contributed by atoms with Crippen LogP contribution in [0.1, 0.15) is 46.1 Å². The third kappa shape index (κ3) is 4.17. The maximum Gasteiger partial charge on any atom is 0.220 e. The van der Waals surface area contributed by atoms with Crippen molar-refractivity contribution in [3.05, 3.63) is 30.9 Å². The summed E-state index contributed by atoms with van der Waals surface area (Å²) < 4.78 is 10.4. The van der Waals surface area contributed by atoms with Gasteiger partial charge in [-0.1, -0.05) is 0 Å². The molecule has 3 aromatic rings. The molecule has 1 aromatic carbocycles. The molecule has 2 N–H and O–H groups in total. The highest BCUT2D eigenvalue weighted by Gasteiger charge is 2.30. The number of hydrogen-bond acceptors (Lipinski definition) is 5. The molecule has 3 heterocycles. The molecular formula is C23H29N5O3. The molecule has 2 aromatic heterocycles. The Hall–Kier alpha value is -2.87. The molecule has 2 fully saturated rings. The van der Waals surface area contributed by atoms with Gasteiger partial charge in [0.25, 0.3) is 0 Å². The van der Waals surface area contributed by atoms with Crippen molar-refractivity contribution in [2.24, 2.45) is 5.92 Å². The van der Waals surface area contributed by atoms with Gasteiger partial charge in [-0.25, -0.2) is 4.98 Å². The van der Waals surface area contributed by atoms with Gasteiger partial charge in [-0.15, -0.1) is 0 Å². The van der Waals surface area contributed by atoms with Crippen molar-refractivity contribution in [3.8, 4) is 16.9 Å². The first kappa shape index (κ1) is 20.1. The summed E-state index contributed by atoms with van der Waals surface area (Å²) in [6.07, 6.45) is 8.36. The highest BCUT2D eigenvalue weighted by Crippen LogP contribution is 2.41. The molecule has 0 spiro atoms. The van der Waals surface area contributed by atoms with E-state index in [4.69, 9.17) is 4.74 Å². The molecule has 5 rings (SSSR count). The number of aromatic nitrogens is 4. The third-order valence-corrected chi connectivity index (χ3v) is 6.08. The maximum atomic E-state index is 11.7. The van der Waals surface area contributed by atoms with Gasteiger partial charge in [-0.05, 0) is 51.3 Å². The first-order valence-electron chi connectivity index (χ1n) is 11.0. The molecule has 1 aliphatic heterocycles. The monoisotopic (exact) mass is 423 g/mol. The minimum Gasteiger partial charge on any atom is -0.488 e. The predicted molar refractivity (Wildman–Crippen MR) is 117 cm³/mol. The summed E-state index contributed by atoms with van der Waals surface area (Å²) in [5, 5.41) is 17.4. The van der Waals surface area contributed by atoms with E-state index in [1.165, 1.54) is 0 Å². The molecule has 8 heteroatoms. The lowest BCUT2D eigenvalue weighted by Gasteiger charge is -2.21. The number of amides is 1. The van der Waals surface area contributed by atoms with E-state index in [9.17, 15) is 9.90 Å². The van der Waals surface area contributed by atoms with Crippen LogP contribution in [0.4, 0.5) is 0 Å². The van der Waals surface area contributed by atoms with Crippen molar-refractivity contribution in [1.82, 2.24) is 24.6 Å². The van der Waals surface area contributed by atoms with Gasteiger partial charge in [0.2, 0.25) is 5.91 Å². The van der Waals surface area contributed by atoms with Crippen LogP contribution in [0.15, 0.2) is 30.9 Å². The van der Waals surface area contributed by atoms with Crippen LogP contribution in [0.25, 0.3) is 22.2 Å². The molecule has 31 heavy (non-hydrogen) atoms. The largest absolute Gasteiger partial charge is 0.488 e. The van der Waals surface area contributed by atoms with E-state index in [1.54, 1.807) is 24.7 Å². The minimum atomic E-state index is -0.841. The number of ether oxygens (including phenoxy) is 1. The van der Waals surface area contributed by atoms with Crippen LogP contribution in [0.2, 0.25) is 0 Å². The minimum absolute atomic E-state index is 0.0848. The lowest BCUT2D eigenvalue weighted by atomic mass is 10.0. The second-order valence-corrected chi connectivity index (χ2v) is 9.56. The van der Waals surface area contributed by atoms with E-state index >= 15 is 0 Å². The second-order valence-electron chi connectivity index (χ2n) is 9.56. The van der Waals surface area contributed by atoms with Gasteiger partial charge in [0, 0.05) is 36.7 Å². The van der Waals surface area contributed by atoms with Crippen molar-refractivity contribution in [3.63, 3.8) is 0 Å². The standard InChI is InChI=1S/C23H29N5O3/c1-14(16-8-21(29)24-9-16)31-20-7-15(17-10-26-27(11-17)12-23(2,3)30)6-19-22(20)28(13-25-19)18-4-5-18/h6-7,10-11,13-14,16,18,30H,4-5,8-9,12H2,1-3H3,(H,24,29)/t14-,16?/m1/s1. The van der Waals surface area contributed by atoms with Crippen LogP contribution in [-0.2, 0) is 11.3 Å². The Morgan fingerprint density at radius 1 is 1.32 bits per heavy atom. The number of carbonyl (C=O) groups is 1. The topological polar surface area (TPSA) is 94.2 Å². The summed E-state index contributed by atoms with van der Waals surface area (Å²) in [5.41, 5.74) is 2.98. The molecule has 1 aliphatic carbocycles. The molecule has 1 saturated heterocycles. The molecule has 0 bridgehead atoms. The fourth-order valence-corrected chi connectivity index (χ4v) is 4.27. The molecule has 1 unspecified atom stereocenters. The van der Waals surface area contributed by atoms with Crippen molar-refractivity contribution in [2.75, 3.05) is 6.54 Å². The van der Waals surface area contributed by atoms with Crippen LogP contribution in [0.5, 0.6) is 5.75 Å². The fourth-order valence-electron chi connectivity index (χ4n) is 4.27. The van der Waals surface area contributed by atoms with Crippen LogP contribution in [-0.4, -0.2) is 48.6 Å². The number of fused-ring (bicyclic) bond motifs is 1. The van der Waals surface area contributed by atoms with Gasteiger partial charge in [0.05, 0.1) is 30.2 Å². The normalized spacial score (nSPS) is 20.3. The van der Waals surface area contributed by atoms with E-state index in [2.05, 4.69) is 32.1 Å². The summed E-state index contributed by atoms with van der Waals surface area (Å²) in [7, 11) is 0. The van der Waals surface area contributed by atoms with Gasteiger partial charge in [0.1, 0.15) is 17.4 Å². The zero-order chi connectivity index (χ0) is 21.8. The van der Waals surface area contributed by atoms with Gasteiger partial charge in [-0.2, -0.15) is 5.10 Å². The molecule has 2 atom stereocenters. The molecule has 2 aliphatic rings. The van der Waals surface area contributed by atoms with E-state index in [0.717, 1.165) is 40.8 Å². The van der Waals surface area contributed by atoms with Crippen LogP contribution in [0.3, 0.4) is 0 Å². The number of carbonyl (C=O) groups excluding carboxylic acids is 1. The van der Waals surface area contributed by atoms with Gasteiger partial charge < -0.3 is 19.7 Å². The van der Waals surface area contributed by atoms with E-state index in [1.807, 2.05) is 19.4 Å². The predicted octanol–water partition coefficient (Wildman–Crippen LogP) is 2.91. The Labute approximate surface area is 181 Å². The molecular weight excluding hydrogens is 394 g/mol. The summed E-state index contributed by atoms with van der Waals surface area (Å²) in [6, 6.07) is 4.60. The van der Waals surface area contributed by atoms with Gasteiger partial charge >= 0.3 is 0 Å². The Kier molecular flexibility index (Phi) is 4.77. The first-order chi connectivity index (χ1) is 14.8. The summed E-state index contributed by atoms with van der Waals surface area (Å²) >= 11 is 0. The van der Waals surface area contributed by atoms with E-state index < -0.39 is 5.60 Å². The van der Waals surface area contributed by atoms with E-state index in [0.29, 0.717) is 25.6 Å². The molecule has 1 amide bonds. The summed E-state index contributed by atoms with van der Waals surface area (Å²) in [6.45, 7) is 6.62. The molecule has 164 valence electrons. The highest BCUT2D eigenvalue weighted by molar-refractivity contribution is 5.88. The lowest BCUT2D eigenvalue weighted by molar-refractivity contribution is -0.119. The highest BCUT2D eigenvalue weighted by atomic mass is 16.5. The number of aliphatic hydroxyl groups is 1. The third-order valence-electron chi connectivity index (χ3n) is 6.08. The maximum absolute atomic E-state index is 11.7. The molecule has 0 radical (unpaired) electrons. The quantitative estimate of drug-likeness (QED) is 0.609. The van der Waals surface area contributed by atoms with Crippen molar-refractivity contribution < 1.29 is 14.6 Å². The van der Waals surface area contributed by atoms with Crippen molar-refractivity contribution >= 4 is 16.9 Å². The average molecular weight is 424 g/mol. The average Bonchev–Trinajstić information content (AvgIpc) is 3.09. The number of imidazole rings is 1. The lowest BCUT2D eigenvalue weighted by Crippen LogP contribution is -2.26. The van der Waals surface area contributed by atoms with Gasteiger partial charge in [-0.3, -0.25) is 9.48 Å². The number of rotatable bonds is 7.